The summed E-state index contributed by atoms with van der Waals surface area (Å²) in [6, 6.07) is 10.2. The molecular weight excluding hydrogens is 280 g/mol. The van der Waals surface area contributed by atoms with Crippen LogP contribution in [0, 0.1) is 10.1 Å². The van der Waals surface area contributed by atoms with Crippen molar-refractivity contribution in [3.8, 4) is 5.75 Å². The number of hydrogen-bond acceptors (Lipinski definition) is 4. The number of hydrogen-bond donors (Lipinski definition) is 0. The number of pyridine rings is 1. The molecule has 0 spiro atoms. The van der Waals surface area contributed by atoms with Crippen molar-refractivity contribution in [2.75, 3.05) is 6.61 Å². The molecule has 0 radical (unpaired) electrons. The van der Waals surface area contributed by atoms with Crippen molar-refractivity contribution in [1.29, 1.82) is 0 Å². The second-order valence-corrected chi connectivity index (χ2v) is 4.37. The minimum absolute atomic E-state index is 0.117. The molecule has 1 heterocycles. The third-order valence-electron chi connectivity index (χ3n) is 2.76. The Balaban J connectivity index is 1.94. The standard InChI is InChI=1S/C14H13ClN2O3/c15-9-12-5-6-13(10-16-12)20-8-7-11-3-1-2-4-14(11)17(18)19/h1-6,10H,7-9H2. The quantitative estimate of drug-likeness (QED) is 0.465. The monoisotopic (exact) mass is 292 g/mol. The van der Waals surface area contributed by atoms with E-state index in [4.69, 9.17) is 16.3 Å². The van der Waals surface area contributed by atoms with E-state index in [-0.39, 0.29) is 10.6 Å². The number of nitro benzene ring substituents is 1. The average Bonchev–Trinajstić information content (AvgIpc) is 2.48. The Kier molecular flexibility index (Phi) is 4.90. The smallest absolute Gasteiger partial charge is 0.272 e. The number of para-hydroxylation sites is 1. The van der Waals surface area contributed by atoms with E-state index in [0.717, 1.165) is 5.69 Å². The number of benzene rings is 1. The van der Waals surface area contributed by atoms with E-state index < -0.39 is 0 Å². The summed E-state index contributed by atoms with van der Waals surface area (Å²) < 4.78 is 5.52. The number of halogens is 1. The molecule has 0 bridgehead atoms. The van der Waals surface area contributed by atoms with Gasteiger partial charge >= 0.3 is 0 Å². The minimum atomic E-state index is -0.383. The number of nitro groups is 1. The van der Waals surface area contributed by atoms with Crippen LogP contribution in [0.5, 0.6) is 5.75 Å². The van der Waals surface area contributed by atoms with E-state index in [0.29, 0.717) is 30.2 Å². The highest BCUT2D eigenvalue weighted by Gasteiger charge is 2.11. The molecule has 1 aromatic carbocycles. The van der Waals surface area contributed by atoms with Crippen LogP contribution in [0.4, 0.5) is 5.69 Å². The maximum atomic E-state index is 10.9. The summed E-state index contributed by atoms with van der Waals surface area (Å²) in [6.07, 6.45) is 2.06. The van der Waals surface area contributed by atoms with Crippen molar-refractivity contribution >= 4 is 17.3 Å². The Hall–Kier alpha value is -2.14. The Morgan fingerprint density at radius 3 is 2.70 bits per heavy atom. The Morgan fingerprint density at radius 1 is 1.25 bits per heavy atom. The lowest BCUT2D eigenvalue weighted by Gasteiger charge is -2.06. The highest BCUT2D eigenvalue weighted by atomic mass is 35.5. The van der Waals surface area contributed by atoms with E-state index in [1.165, 1.54) is 6.07 Å². The Bertz CT molecular complexity index is 587. The van der Waals surface area contributed by atoms with Gasteiger partial charge in [-0.3, -0.25) is 15.1 Å². The molecule has 5 nitrogen and oxygen atoms in total. The van der Waals surface area contributed by atoms with Gasteiger partial charge in [0.15, 0.2) is 0 Å². The van der Waals surface area contributed by atoms with Crippen LogP contribution in [0.15, 0.2) is 42.6 Å². The van der Waals surface area contributed by atoms with Crippen LogP contribution in [0.3, 0.4) is 0 Å². The summed E-state index contributed by atoms with van der Waals surface area (Å²) >= 11 is 5.64. The van der Waals surface area contributed by atoms with Gasteiger partial charge in [0.05, 0.1) is 29.3 Å². The van der Waals surface area contributed by atoms with E-state index in [1.54, 1.807) is 36.5 Å². The van der Waals surface area contributed by atoms with Crippen LogP contribution in [0.2, 0.25) is 0 Å². The first-order chi connectivity index (χ1) is 9.70. The van der Waals surface area contributed by atoms with Gasteiger partial charge in [0, 0.05) is 18.1 Å². The first-order valence-corrected chi connectivity index (χ1v) is 6.60. The Morgan fingerprint density at radius 2 is 2.05 bits per heavy atom. The largest absolute Gasteiger partial charge is 0.492 e. The topological polar surface area (TPSA) is 65.3 Å². The zero-order valence-electron chi connectivity index (χ0n) is 10.7. The van der Waals surface area contributed by atoms with Crippen LogP contribution in [0.1, 0.15) is 11.3 Å². The van der Waals surface area contributed by atoms with Gasteiger partial charge in [-0.1, -0.05) is 18.2 Å². The predicted octanol–water partition coefficient (Wildman–Crippen LogP) is 3.35. The molecule has 0 atom stereocenters. The van der Waals surface area contributed by atoms with E-state index in [9.17, 15) is 10.1 Å². The second-order valence-electron chi connectivity index (χ2n) is 4.10. The number of rotatable bonds is 6. The highest BCUT2D eigenvalue weighted by Crippen LogP contribution is 2.18. The van der Waals surface area contributed by atoms with Crippen molar-refractivity contribution < 1.29 is 9.66 Å². The normalized spacial score (nSPS) is 10.2. The summed E-state index contributed by atoms with van der Waals surface area (Å²) in [4.78, 5) is 14.6. The molecule has 104 valence electrons. The summed E-state index contributed by atoms with van der Waals surface area (Å²) in [5, 5.41) is 10.9. The van der Waals surface area contributed by atoms with Gasteiger partial charge in [0.25, 0.3) is 5.69 Å². The fourth-order valence-corrected chi connectivity index (χ4v) is 1.91. The fraction of sp³-hybridized carbons (Fsp3) is 0.214. The maximum absolute atomic E-state index is 10.9. The first-order valence-electron chi connectivity index (χ1n) is 6.06. The van der Waals surface area contributed by atoms with Gasteiger partial charge in [-0.05, 0) is 12.1 Å². The molecular formula is C14H13ClN2O3. The number of ether oxygens (including phenoxy) is 1. The van der Waals surface area contributed by atoms with Crippen molar-refractivity contribution in [1.82, 2.24) is 4.98 Å². The zero-order chi connectivity index (χ0) is 14.4. The molecule has 1 aromatic heterocycles. The molecule has 6 heteroatoms. The van der Waals surface area contributed by atoms with Crippen molar-refractivity contribution in [2.24, 2.45) is 0 Å². The highest BCUT2D eigenvalue weighted by molar-refractivity contribution is 6.16. The molecule has 0 amide bonds. The van der Waals surface area contributed by atoms with E-state index >= 15 is 0 Å². The summed E-state index contributed by atoms with van der Waals surface area (Å²) in [7, 11) is 0. The van der Waals surface area contributed by atoms with Crippen LogP contribution >= 0.6 is 11.6 Å². The molecule has 0 aliphatic heterocycles. The van der Waals surface area contributed by atoms with Crippen LogP contribution in [0.25, 0.3) is 0 Å². The first kappa shape index (κ1) is 14.3. The molecule has 0 aliphatic carbocycles. The minimum Gasteiger partial charge on any atom is -0.492 e. The summed E-state index contributed by atoms with van der Waals surface area (Å²) in [5.74, 6) is 0.980. The van der Waals surface area contributed by atoms with Gasteiger partial charge in [-0.15, -0.1) is 11.6 Å². The molecule has 2 aromatic rings. The zero-order valence-corrected chi connectivity index (χ0v) is 11.4. The molecule has 0 saturated heterocycles. The number of alkyl halides is 1. The fourth-order valence-electron chi connectivity index (χ4n) is 1.75. The molecule has 0 N–H and O–H groups in total. The van der Waals surface area contributed by atoms with E-state index in [1.807, 2.05) is 0 Å². The van der Waals surface area contributed by atoms with Crippen molar-refractivity contribution in [3.63, 3.8) is 0 Å². The molecule has 20 heavy (non-hydrogen) atoms. The lowest BCUT2D eigenvalue weighted by atomic mass is 10.1. The third kappa shape index (κ3) is 3.68. The van der Waals surface area contributed by atoms with Crippen LogP contribution in [-0.2, 0) is 12.3 Å². The van der Waals surface area contributed by atoms with Gasteiger partial charge in [0.2, 0.25) is 0 Å². The second kappa shape index (κ2) is 6.86. The number of nitrogens with zero attached hydrogens (tertiary/aromatic N) is 2. The SMILES string of the molecule is O=[N+]([O-])c1ccccc1CCOc1ccc(CCl)nc1. The molecule has 2 rings (SSSR count). The van der Waals surface area contributed by atoms with E-state index in [2.05, 4.69) is 4.98 Å². The lowest BCUT2D eigenvalue weighted by molar-refractivity contribution is -0.385. The summed E-state index contributed by atoms with van der Waals surface area (Å²) in [5.41, 5.74) is 1.55. The maximum Gasteiger partial charge on any atom is 0.272 e. The van der Waals surface area contributed by atoms with Gasteiger partial charge in [-0.25, -0.2) is 0 Å². The van der Waals surface area contributed by atoms with Gasteiger partial charge in [0.1, 0.15) is 5.75 Å². The Labute approximate surface area is 121 Å². The lowest BCUT2D eigenvalue weighted by Crippen LogP contribution is -2.04. The van der Waals surface area contributed by atoms with Crippen LogP contribution < -0.4 is 4.74 Å². The third-order valence-corrected chi connectivity index (χ3v) is 3.04. The predicted molar refractivity (Wildman–Crippen MR) is 76.1 cm³/mol. The summed E-state index contributed by atoms with van der Waals surface area (Å²) in [6.45, 7) is 0.354. The molecule has 0 unspecified atom stereocenters. The van der Waals surface area contributed by atoms with Crippen molar-refractivity contribution in [3.05, 3.63) is 64.0 Å². The van der Waals surface area contributed by atoms with Crippen LogP contribution in [-0.4, -0.2) is 16.5 Å². The van der Waals surface area contributed by atoms with Crippen molar-refractivity contribution in [2.45, 2.75) is 12.3 Å². The molecule has 0 saturated carbocycles. The number of aromatic nitrogens is 1. The molecule has 0 fully saturated rings. The molecule has 0 aliphatic rings. The van der Waals surface area contributed by atoms with Gasteiger partial charge < -0.3 is 4.74 Å². The van der Waals surface area contributed by atoms with Gasteiger partial charge in [-0.2, -0.15) is 0 Å². The average molecular weight is 293 g/mol.